The molecule has 3 aromatic carbocycles. The molecule has 2 aliphatic heterocycles. The Morgan fingerprint density at radius 2 is 1.68 bits per heavy atom. The minimum absolute atomic E-state index is 0.0392. The van der Waals surface area contributed by atoms with E-state index < -0.39 is 5.25 Å². The van der Waals surface area contributed by atoms with Crippen molar-refractivity contribution in [3.8, 4) is 0 Å². The lowest BCUT2D eigenvalue weighted by atomic mass is 9.98. The number of hydrogen-bond donors (Lipinski definition) is 1. The number of amidine groups is 1. The highest BCUT2D eigenvalue weighted by Crippen LogP contribution is 2.39. The van der Waals surface area contributed by atoms with E-state index in [1.165, 1.54) is 17.3 Å². The first kappa shape index (κ1) is 25.2. The van der Waals surface area contributed by atoms with Crippen molar-refractivity contribution >= 4 is 51.7 Å². The Bertz CT molecular complexity index is 1400. The van der Waals surface area contributed by atoms with Crippen LogP contribution in [0.25, 0.3) is 0 Å². The first-order valence-electron chi connectivity index (χ1n) is 12.1. The van der Waals surface area contributed by atoms with Gasteiger partial charge in [-0.05, 0) is 67.3 Å². The number of hydrogen-bond acceptors (Lipinski definition) is 5. The number of hydrazone groups is 1. The van der Waals surface area contributed by atoms with Crippen molar-refractivity contribution in [3.05, 3.63) is 99.6 Å². The molecule has 8 heteroatoms. The van der Waals surface area contributed by atoms with Crippen LogP contribution < -0.4 is 5.32 Å². The van der Waals surface area contributed by atoms with Crippen LogP contribution in [-0.2, 0) is 9.59 Å². The summed E-state index contributed by atoms with van der Waals surface area (Å²) in [4.78, 5) is 29.9. The summed E-state index contributed by atoms with van der Waals surface area (Å²) in [6.07, 6.45) is 0.702. The Morgan fingerprint density at radius 1 is 1.00 bits per heavy atom. The normalized spacial score (nSPS) is 19.1. The molecular formula is C29H27ClN4O2S. The maximum Gasteiger partial charge on any atom is 0.262 e. The second kappa shape index (κ2) is 10.5. The average Bonchev–Trinajstić information content (AvgIpc) is 3.43. The van der Waals surface area contributed by atoms with E-state index in [0.717, 1.165) is 33.7 Å². The number of halogens is 1. The Labute approximate surface area is 225 Å². The van der Waals surface area contributed by atoms with Gasteiger partial charge in [0.1, 0.15) is 5.25 Å². The number of carbonyl (C=O) groups excluding carboxylic acids is 2. The van der Waals surface area contributed by atoms with E-state index in [0.29, 0.717) is 16.6 Å². The molecule has 2 atom stereocenters. The van der Waals surface area contributed by atoms with Gasteiger partial charge in [-0.15, -0.1) is 0 Å². The lowest BCUT2D eigenvalue weighted by molar-refractivity contribution is -0.121. The third kappa shape index (κ3) is 5.78. The number of nitrogens with zero attached hydrogens (tertiary/aromatic N) is 3. The topological polar surface area (TPSA) is 74.1 Å². The van der Waals surface area contributed by atoms with Crippen LogP contribution in [0.5, 0.6) is 0 Å². The van der Waals surface area contributed by atoms with Crippen LogP contribution in [0, 0.1) is 20.8 Å². The first-order chi connectivity index (χ1) is 17.7. The number of rotatable bonds is 5. The number of benzene rings is 3. The van der Waals surface area contributed by atoms with Crippen molar-refractivity contribution in [1.29, 1.82) is 0 Å². The summed E-state index contributed by atoms with van der Waals surface area (Å²) in [6.45, 7) is 6.02. The van der Waals surface area contributed by atoms with E-state index >= 15 is 0 Å². The fraction of sp³-hybridized carbons (Fsp3) is 0.241. The molecule has 0 unspecified atom stereocenters. The molecule has 188 valence electrons. The Hall–Kier alpha value is -3.42. The van der Waals surface area contributed by atoms with E-state index in [-0.39, 0.29) is 24.3 Å². The maximum atomic E-state index is 12.8. The monoisotopic (exact) mass is 530 g/mol. The standard InChI is InChI=1S/C29H27ClN4O2S/c1-17-4-6-20(7-5-17)24-15-25(21-8-10-22(30)11-9-21)34(33-24)29-32-28(36)26(37-29)16-27(35)31-23-13-18(2)12-19(3)14-23/h4-14,25-26H,15-16H2,1-3H3,(H,31,35)/t25-,26-/m1/s1. The summed E-state index contributed by atoms with van der Waals surface area (Å²) in [5.74, 6) is -0.531. The molecule has 2 heterocycles. The predicted molar refractivity (Wildman–Crippen MR) is 151 cm³/mol. The highest BCUT2D eigenvalue weighted by atomic mass is 35.5. The molecule has 5 rings (SSSR count). The van der Waals surface area contributed by atoms with Crippen molar-refractivity contribution in [2.45, 2.75) is 44.9 Å². The highest BCUT2D eigenvalue weighted by molar-refractivity contribution is 8.15. The van der Waals surface area contributed by atoms with Gasteiger partial charge in [-0.25, -0.2) is 5.01 Å². The average molecular weight is 531 g/mol. The van der Waals surface area contributed by atoms with Gasteiger partial charge in [0.15, 0.2) is 5.17 Å². The van der Waals surface area contributed by atoms with Crippen LogP contribution in [0.15, 0.2) is 76.8 Å². The quantitative estimate of drug-likeness (QED) is 0.411. The largest absolute Gasteiger partial charge is 0.326 e. The van der Waals surface area contributed by atoms with Crippen molar-refractivity contribution in [2.75, 3.05) is 5.32 Å². The molecule has 0 spiro atoms. The van der Waals surface area contributed by atoms with Crippen LogP contribution >= 0.6 is 23.4 Å². The molecular weight excluding hydrogens is 504 g/mol. The molecule has 0 radical (unpaired) electrons. The van der Waals surface area contributed by atoms with Crippen molar-refractivity contribution in [1.82, 2.24) is 5.01 Å². The number of amides is 2. The molecule has 0 fully saturated rings. The summed E-state index contributed by atoms with van der Waals surface area (Å²) in [5, 5.41) is 10.2. The molecule has 1 N–H and O–H groups in total. The lowest BCUT2D eigenvalue weighted by Crippen LogP contribution is -2.25. The van der Waals surface area contributed by atoms with Gasteiger partial charge in [-0.1, -0.05) is 71.4 Å². The fourth-order valence-corrected chi connectivity index (χ4v) is 5.77. The molecule has 0 aliphatic carbocycles. The SMILES string of the molecule is Cc1ccc(C2=NN(C3=NC(=O)[C@@H](CC(=O)Nc4cc(C)cc(C)c4)S3)[C@@H](c3ccc(Cl)cc3)C2)cc1. The van der Waals surface area contributed by atoms with Crippen LogP contribution in [0.2, 0.25) is 5.02 Å². The van der Waals surface area contributed by atoms with Gasteiger partial charge in [-0.3, -0.25) is 9.59 Å². The molecule has 0 saturated carbocycles. The van der Waals surface area contributed by atoms with Gasteiger partial charge in [-0.2, -0.15) is 10.1 Å². The van der Waals surface area contributed by atoms with Gasteiger partial charge in [0.25, 0.3) is 5.91 Å². The van der Waals surface area contributed by atoms with Crippen LogP contribution in [-0.4, -0.2) is 33.0 Å². The number of aryl methyl sites for hydroxylation is 3. The van der Waals surface area contributed by atoms with Gasteiger partial charge in [0.2, 0.25) is 5.91 Å². The third-order valence-electron chi connectivity index (χ3n) is 6.35. The summed E-state index contributed by atoms with van der Waals surface area (Å²) in [5.41, 5.74) is 7.03. The van der Waals surface area contributed by atoms with Gasteiger partial charge in [0.05, 0.1) is 11.8 Å². The number of carbonyl (C=O) groups is 2. The smallest absolute Gasteiger partial charge is 0.262 e. The number of aliphatic imine (C=N–C) groups is 1. The number of thioether (sulfide) groups is 1. The zero-order valence-corrected chi connectivity index (χ0v) is 22.4. The van der Waals surface area contributed by atoms with Crippen molar-refractivity contribution in [3.63, 3.8) is 0 Å². The van der Waals surface area contributed by atoms with Gasteiger partial charge >= 0.3 is 0 Å². The highest BCUT2D eigenvalue weighted by Gasteiger charge is 2.39. The summed E-state index contributed by atoms with van der Waals surface area (Å²) >= 11 is 7.43. The van der Waals surface area contributed by atoms with E-state index in [1.807, 2.05) is 61.3 Å². The Morgan fingerprint density at radius 3 is 2.35 bits per heavy atom. The predicted octanol–water partition coefficient (Wildman–Crippen LogP) is 6.44. The van der Waals surface area contributed by atoms with Crippen LogP contribution in [0.4, 0.5) is 5.69 Å². The molecule has 6 nitrogen and oxygen atoms in total. The van der Waals surface area contributed by atoms with E-state index in [1.54, 1.807) is 0 Å². The number of nitrogens with one attached hydrogen (secondary N) is 1. The molecule has 0 aromatic heterocycles. The molecule has 3 aromatic rings. The van der Waals surface area contributed by atoms with Crippen LogP contribution in [0.1, 0.15) is 46.7 Å². The van der Waals surface area contributed by atoms with Gasteiger partial charge in [0, 0.05) is 23.6 Å². The Balaban J connectivity index is 1.35. The second-order valence-electron chi connectivity index (χ2n) is 9.50. The number of anilines is 1. The summed E-state index contributed by atoms with van der Waals surface area (Å²) in [7, 11) is 0. The maximum absolute atomic E-state index is 12.8. The zero-order valence-electron chi connectivity index (χ0n) is 20.9. The Kier molecular flexibility index (Phi) is 7.17. The molecule has 0 bridgehead atoms. The van der Waals surface area contributed by atoms with E-state index in [4.69, 9.17) is 16.7 Å². The van der Waals surface area contributed by atoms with Crippen LogP contribution in [0.3, 0.4) is 0 Å². The summed E-state index contributed by atoms with van der Waals surface area (Å²) in [6, 6.07) is 21.7. The molecule has 37 heavy (non-hydrogen) atoms. The summed E-state index contributed by atoms with van der Waals surface area (Å²) < 4.78 is 0. The first-order valence-corrected chi connectivity index (χ1v) is 13.4. The van der Waals surface area contributed by atoms with Crippen molar-refractivity contribution < 1.29 is 9.59 Å². The minimum Gasteiger partial charge on any atom is -0.326 e. The molecule has 0 saturated heterocycles. The molecule has 2 amide bonds. The fourth-order valence-electron chi connectivity index (χ4n) is 4.58. The van der Waals surface area contributed by atoms with Crippen molar-refractivity contribution in [2.24, 2.45) is 10.1 Å². The molecule has 2 aliphatic rings. The lowest BCUT2D eigenvalue weighted by Gasteiger charge is -2.23. The van der Waals surface area contributed by atoms with E-state index in [9.17, 15) is 9.59 Å². The second-order valence-corrected chi connectivity index (χ2v) is 11.1. The van der Waals surface area contributed by atoms with Gasteiger partial charge < -0.3 is 5.32 Å². The van der Waals surface area contributed by atoms with E-state index in [2.05, 4.69) is 41.5 Å². The minimum atomic E-state index is -0.592. The third-order valence-corrected chi connectivity index (χ3v) is 7.75. The zero-order chi connectivity index (χ0) is 26.1.